The van der Waals surface area contributed by atoms with Crippen molar-refractivity contribution in [2.75, 3.05) is 4.72 Å². The molecule has 0 radical (unpaired) electrons. The predicted molar refractivity (Wildman–Crippen MR) is 86.4 cm³/mol. The summed E-state index contributed by atoms with van der Waals surface area (Å²) in [6.07, 6.45) is -4.70. The molecule has 10 heteroatoms. The van der Waals surface area contributed by atoms with Crippen molar-refractivity contribution < 1.29 is 21.6 Å². The number of benzene rings is 2. The minimum atomic E-state index is -4.70. The molecule has 0 saturated heterocycles. The molecule has 0 atom stereocenters. The maximum atomic E-state index is 12.9. The van der Waals surface area contributed by atoms with Crippen molar-refractivity contribution in [3.63, 3.8) is 0 Å². The van der Waals surface area contributed by atoms with Crippen LogP contribution in [0, 0.1) is 0 Å². The quantitative estimate of drug-likeness (QED) is 0.666. The van der Waals surface area contributed by atoms with Crippen molar-refractivity contribution in [1.82, 2.24) is 0 Å². The lowest BCUT2D eigenvalue weighted by Gasteiger charge is -2.13. The van der Waals surface area contributed by atoms with Crippen LogP contribution in [-0.2, 0) is 16.2 Å². The molecule has 0 heterocycles. The second kappa shape index (κ2) is 6.51. The highest BCUT2D eigenvalue weighted by Gasteiger charge is 2.34. The van der Waals surface area contributed by atoms with Gasteiger partial charge in [0.25, 0.3) is 10.0 Å². The van der Waals surface area contributed by atoms with Crippen LogP contribution < -0.4 is 4.72 Å². The van der Waals surface area contributed by atoms with Gasteiger partial charge in [-0.1, -0.05) is 45.2 Å². The van der Waals surface area contributed by atoms with Gasteiger partial charge in [-0.05, 0) is 30.3 Å². The summed E-state index contributed by atoms with van der Waals surface area (Å²) < 4.78 is 65.0. The lowest BCUT2D eigenvalue weighted by atomic mass is 10.2. The molecule has 2 aromatic rings. The highest BCUT2D eigenvalue weighted by Crippen LogP contribution is 2.37. The van der Waals surface area contributed by atoms with E-state index >= 15 is 0 Å². The predicted octanol–water partition coefficient (Wildman–Crippen LogP) is 5.58. The number of hydrogen-bond acceptors (Lipinski definition) is 2. The molecule has 0 saturated carbocycles. The van der Waals surface area contributed by atoms with E-state index in [-0.39, 0.29) is 20.2 Å². The van der Waals surface area contributed by atoms with Crippen LogP contribution in [0.4, 0.5) is 18.9 Å². The van der Waals surface area contributed by atoms with Crippen molar-refractivity contribution >= 4 is 54.8 Å². The van der Waals surface area contributed by atoms with E-state index in [4.69, 9.17) is 23.2 Å². The van der Waals surface area contributed by atoms with Gasteiger partial charge in [-0.3, -0.25) is 4.72 Å². The Morgan fingerprint density at radius 3 is 2.35 bits per heavy atom. The molecule has 3 nitrogen and oxygen atoms in total. The summed E-state index contributed by atoms with van der Waals surface area (Å²) in [5.74, 6) is 0. The monoisotopic (exact) mass is 447 g/mol. The number of sulfonamides is 1. The molecule has 2 rings (SSSR count). The fourth-order valence-electron chi connectivity index (χ4n) is 1.68. The summed E-state index contributed by atoms with van der Waals surface area (Å²) >= 11 is 14.4. The van der Waals surface area contributed by atoms with Crippen molar-refractivity contribution in [3.05, 3.63) is 56.5 Å². The minimum Gasteiger partial charge on any atom is -0.278 e. The molecule has 23 heavy (non-hydrogen) atoms. The van der Waals surface area contributed by atoms with Gasteiger partial charge in [0.2, 0.25) is 0 Å². The molecular weight excluding hydrogens is 442 g/mol. The summed E-state index contributed by atoms with van der Waals surface area (Å²) in [5, 5.41) is 0.0598. The lowest BCUT2D eigenvalue weighted by Crippen LogP contribution is -2.15. The zero-order valence-corrected chi connectivity index (χ0v) is 14.9. The van der Waals surface area contributed by atoms with E-state index in [1.54, 1.807) is 0 Å². The third kappa shape index (κ3) is 4.12. The molecule has 0 unspecified atom stereocenters. The molecule has 0 fully saturated rings. The molecule has 2 aromatic carbocycles. The molecule has 0 bridgehead atoms. The maximum Gasteiger partial charge on any atom is 0.417 e. The number of nitrogens with one attached hydrogen (secondary N) is 1. The van der Waals surface area contributed by atoms with Crippen LogP contribution in [0.15, 0.2) is 45.8 Å². The normalized spacial score (nSPS) is 12.3. The molecule has 0 aromatic heterocycles. The van der Waals surface area contributed by atoms with E-state index in [2.05, 4.69) is 20.7 Å². The summed E-state index contributed by atoms with van der Waals surface area (Å²) in [6.45, 7) is 0. The number of alkyl halides is 3. The highest BCUT2D eigenvalue weighted by atomic mass is 79.9. The van der Waals surface area contributed by atoms with E-state index in [0.29, 0.717) is 6.07 Å². The van der Waals surface area contributed by atoms with E-state index in [1.807, 2.05) is 0 Å². The van der Waals surface area contributed by atoms with Gasteiger partial charge in [0.15, 0.2) is 0 Å². The SMILES string of the molecule is O=S(=O)(Nc1cccc(Cl)c1Cl)c1ccc(Br)c(C(F)(F)F)c1. The average Bonchev–Trinajstić information content (AvgIpc) is 2.42. The number of hydrogen-bond donors (Lipinski definition) is 1. The first-order valence-corrected chi connectivity index (χ1v) is 8.89. The Morgan fingerprint density at radius 2 is 1.74 bits per heavy atom. The van der Waals surface area contributed by atoms with Gasteiger partial charge in [-0.15, -0.1) is 0 Å². The first-order valence-electron chi connectivity index (χ1n) is 5.86. The van der Waals surface area contributed by atoms with Crippen LogP contribution in [0.2, 0.25) is 10.0 Å². The summed E-state index contributed by atoms with van der Waals surface area (Å²) in [4.78, 5) is -0.552. The third-order valence-corrected chi connectivity index (χ3v) is 5.62. The molecule has 0 spiro atoms. The Balaban J connectivity index is 2.47. The molecule has 0 aliphatic rings. The van der Waals surface area contributed by atoms with E-state index in [0.717, 1.165) is 12.1 Å². The summed E-state index contributed by atoms with van der Waals surface area (Å²) in [5.41, 5.74) is -1.13. The second-order valence-electron chi connectivity index (χ2n) is 4.35. The zero-order valence-electron chi connectivity index (χ0n) is 11.0. The zero-order chi connectivity index (χ0) is 17.4. The Bertz CT molecular complexity index is 857. The molecule has 0 aliphatic carbocycles. The van der Waals surface area contributed by atoms with Crippen LogP contribution in [0.1, 0.15) is 5.56 Å². The van der Waals surface area contributed by atoms with E-state index in [1.165, 1.54) is 18.2 Å². The summed E-state index contributed by atoms with van der Waals surface area (Å²) in [6, 6.07) is 6.83. The largest absolute Gasteiger partial charge is 0.417 e. The Morgan fingerprint density at radius 1 is 1.09 bits per heavy atom. The van der Waals surface area contributed by atoms with Gasteiger partial charge in [-0.25, -0.2) is 8.42 Å². The molecular formula is C13H7BrCl2F3NO2S. The van der Waals surface area contributed by atoms with Gasteiger partial charge < -0.3 is 0 Å². The van der Waals surface area contributed by atoms with Crippen LogP contribution in [0.5, 0.6) is 0 Å². The maximum absolute atomic E-state index is 12.9. The lowest BCUT2D eigenvalue weighted by molar-refractivity contribution is -0.138. The minimum absolute atomic E-state index is 0.0318. The number of anilines is 1. The van der Waals surface area contributed by atoms with Crippen molar-refractivity contribution in [1.29, 1.82) is 0 Å². The fraction of sp³-hybridized carbons (Fsp3) is 0.0769. The van der Waals surface area contributed by atoms with Crippen molar-refractivity contribution in [2.24, 2.45) is 0 Å². The standard InChI is InChI=1S/C13H7BrCl2F3NO2S/c14-9-5-4-7(6-8(9)13(17,18)19)23(21,22)20-11-3-1-2-10(15)12(11)16/h1-6,20H. The summed E-state index contributed by atoms with van der Waals surface area (Å²) in [7, 11) is -4.27. The van der Waals surface area contributed by atoms with Crippen LogP contribution in [0.25, 0.3) is 0 Å². The van der Waals surface area contributed by atoms with Crippen LogP contribution >= 0.6 is 39.1 Å². The average molecular weight is 449 g/mol. The Labute approximate surface area is 148 Å². The Hall–Kier alpha value is -0.960. The van der Waals surface area contributed by atoms with Crippen LogP contribution in [0.3, 0.4) is 0 Å². The number of rotatable bonds is 3. The van der Waals surface area contributed by atoms with Gasteiger partial charge in [0, 0.05) is 4.47 Å². The van der Waals surface area contributed by atoms with Crippen LogP contribution in [-0.4, -0.2) is 8.42 Å². The first kappa shape index (κ1) is 18.4. The first-order chi connectivity index (χ1) is 10.5. The van der Waals surface area contributed by atoms with Gasteiger partial charge in [0.05, 0.1) is 26.2 Å². The number of halogens is 6. The second-order valence-corrected chi connectivity index (χ2v) is 7.67. The third-order valence-electron chi connectivity index (χ3n) is 2.75. The van der Waals surface area contributed by atoms with Crippen molar-refractivity contribution in [2.45, 2.75) is 11.1 Å². The molecule has 124 valence electrons. The smallest absolute Gasteiger partial charge is 0.278 e. The molecule has 0 amide bonds. The molecule has 0 aliphatic heterocycles. The van der Waals surface area contributed by atoms with Gasteiger partial charge >= 0.3 is 6.18 Å². The van der Waals surface area contributed by atoms with Crippen molar-refractivity contribution in [3.8, 4) is 0 Å². The molecule has 1 N–H and O–H groups in total. The van der Waals surface area contributed by atoms with Gasteiger partial charge in [0.1, 0.15) is 0 Å². The highest BCUT2D eigenvalue weighted by molar-refractivity contribution is 9.10. The Kier molecular flexibility index (Phi) is 5.20. The topological polar surface area (TPSA) is 46.2 Å². The fourth-order valence-corrected chi connectivity index (χ4v) is 3.65. The van der Waals surface area contributed by atoms with Gasteiger partial charge in [-0.2, -0.15) is 13.2 Å². The van der Waals surface area contributed by atoms with E-state index < -0.39 is 26.7 Å². The van der Waals surface area contributed by atoms with E-state index in [9.17, 15) is 21.6 Å².